The van der Waals surface area contributed by atoms with E-state index in [1.807, 2.05) is 72.8 Å². The first-order valence-corrected chi connectivity index (χ1v) is 12.0. The third-order valence-electron chi connectivity index (χ3n) is 5.19. The summed E-state index contributed by atoms with van der Waals surface area (Å²) in [5.74, 6) is 1.08. The van der Waals surface area contributed by atoms with Crippen molar-refractivity contribution in [3.8, 4) is 11.5 Å². The highest BCUT2D eigenvalue weighted by molar-refractivity contribution is 8.27. The third kappa shape index (κ3) is 5.41. The third-order valence-corrected chi connectivity index (χ3v) is 6.74. The van der Waals surface area contributed by atoms with Gasteiger partial charge < -0.3 is 9.47 Å². The second-order valence-electron chi connectivity index (χ2n) is 7.36. The fourth-order valence-electron chi connectivity index (χ4n) is 3.36. The molecule has 4 nitrogen and oxygen atoms in total. The topological polar surface area (TPSA) is 38.8 Å². The number of amides is 1. The number of thioether (sulfide) groups is 1. The molecular formula is C26H22ClNO3S2. The predicted octanol–water partition coefficient (Wildman–Crippen LogP) is 6.90. The zero-order valence-corrected chi connectivity index (χ0v) is 20.6. The maximum Gasteiger partial charge on any atom is 0.270 e. The van der Waals surface area contributed by atoms with E-state index in [-0.39, 0.29) is 5.91 Å². The van der Waals surface area contributed by atoms with E-state index in [0.29, 0.717) is 32.4 Å². The number of aryl methyl sites for hydroxylation is 1. The maximum absolute atomic E-state index is 13.1. The van der Waals surface area contributed by atoms with Crippen molar-refractivity contribution >= 4 is 57.6 Å². The van der Waals surface area contributed by atoms with Gasteiger partial charge in [0.2, 0.25) is 0 Å². The van der Waals surface area contributed by atoms with E-state index in [1.54, 1.807) is 12.0 Å². The Morgan fingerprint density at radius 1 is 1.00 bits per heavy atom. The first-order valence-electron chi connectivity index (χ1n) is 10.4. The van der Waals surface area contributed by atoms with E-state index in [9.17, 15) is 4.79 Å². The number of anilines is 1. The highest BCUT2D eigenvalue weighted by atomic mass is 35.5. The van der Waals surface area contributed by atoms with Crippen molar-refractivity contribution in [2.24, 2.45) is 0 Å². The van der Waals surface area contributed by atoms with Crippen molar-refractivity contribution < 1.29 is 14.3 Å². The average Bonchev–Trinajstić information content (AvgIpc) is 3.11. The summed E-state index contributed by atoms with van der Waals surface area (Å²) in [6, 6.07) is 21.0. The molecule has 4 rings (SSSR count). The lowest BCUT2D eigenvalue weighted by Crippen LogP contribution is -2.27. The minimum atomic E-state index is -0.128. The highest BCUT2D eigenvalue weighted by Crippen LogP contribution is 2.37. The molecule has 0 unspecified atom stereocenters. The number of carbonyl (C=O) groups excluding carboxylic acids is 1. The summed E-state index contributed by atoms with van der Waals surface area (Å²) in [6.45, 7) is 2.49. The molecule has 7 heteroatoms. The van der Waals surface area contributed by atoms with Gasteiger partial charge in [-0.3, -0.25) is 9.69 Å². The second kappa shape index (κ2) is 10.4. The van der Waals surface area contributed by atoms with Crippen LogP contribution in [0.2, 0.25) is 5.02 Å². The van der Waals surface area contributed by atoms with Crippen LogP contribution in [0.3, 0.4) is 0 Å². The van der Waals surface area contributed by atoms with Crippen LogP contribution in [0.25, 0.3) is 6.08 Å². The Kier molecular flexibility index (Phi) is 7.38. The lowest BCUT2D eigenvalue weighted by Gasteiger charge is -2.14. The van der Waals surface area contributed by atoms with Gasteiger partial charge in [0.1, 0.15) is 6.61 Å². The minimum Gasteiger partial charge on any atom is -0.493 e. The fraction of sp³-hybridized carbons (Fsp3) is 0.154. The van der Waals surface area contributed by atoms with Gasteiger partial charge in [0.15, 0.2) is 15.8 Å². The molecule has 0 radical (unpaired) electrons. The molecule has 1 heterocycles. The molecule has 0 saturated carbocycles. The van der Waals surface area contributed by atoms with E-state index in [0.717, 1.165) is 23.2 Å². The van der Waals surface area contributed by atoms with Gasteiger partial charge in [-0.1, -0.05) is 72.8 Å². The van der Waals surface area contributed by atoms with E-state index in [2.05, 4.69) is 6.92 Å². The fourth-order valence-corrected chi connectivity index (χ4v) is 4.78. The molecule has 1 fully saturated rings. The highest BCUT2D eigenvalue weighted by Gasteiger charge is 2.33. The van der Waals surface area contributed by atoms with Gasteiger partial charge in [-0.25, -0.2) is 0 Å². The molecule has 0 aliphatic carbocycles. The summed E-state index contributed by atoms with van der Waals surface area (Å²) < 4.78 is 12.0. The summed E-state index contributed by atoms with van der Waals surface area (Å²) in [6.07, 6.45) is 2.77. The average molecular weight is 496 g/mol. The Hall–Kier alpha value is -2.80. The normalized spacial score (nSPS) is 14.8. The predicted molar refractivity (Wildman–Crippen MR) is 140 cm³/mol. The van der Waals surface area contributed by atoms with Gasteiger partial charge in [0, 0.05) is 5.02 Å². The van der Waals surface area contributed by atoms with Crippen LogP contribution in [0.4, 0.5) is 5.69 Å². The maximum atomic E-state index is 13.1. The number of rotatable bonds is 7. The molecule has 0 atom stereocenters. The van der Waals surface area contributed by atoms with Crippen molar-refractivity contribution in [3.63, 3.8) is 0 Å². The van der Waals surface area contributed by atoms with E-state index < -0.39 is 0 Å². The monoisotopic (exact) mass is 495 g/mol. The molecule has 1 aliphatic heterocycles. The first kappa shape index (κ1) is 23.4. The first-order chi connectivity index (χ1) is 16.0. The van der Waals surface area contributed by atoms with Crippen molar-refractivity contribution in [1.82, 2.24) is 0 Å². The standard InChI is InChI=1S/C26H22ClNO3S2/c1-3-17-6-11-21(12-7-17)28-25(29)24(33-26(28)32)15-19-8-13-22(23(14-19)30-2)31-16-18-4-9-20(27)10-5-18/h4-15H,3,16H2,1-2H3. The van der Waals surface area contributed by atoms with Gasteiger partial charge >= 0.3 is 0 Å². The molecule has 3 aromatic carbocycles. The van der Waals surface area contributed by atoms with Gasteiger partial charge in [-0.05, 0) is 65.6 Å². The number of halogens is 1. The van der Waals surface area contributed by atoms with Crippen molar-refractivity contribution in [2.75, 3.05) is 12.0 Å². The Morgan fingerprint density at radius 3 is 2.36 bits per heavy atom. The Balaban J connectivity index is 1.51. The molecule has 0 N–H and O–H groups in total. The number of thiocarbonyl (C=S) groups is 1. The molecule has 1 aliphatic rings. The van der Waals surface area contributed by atoms with Gasteiger partial charge in [-0.2, -0.15) is 0 Å². The number of methoxy groups -OCH3 is 1. The van der Waals surface area contributed by atoms with Crippen LogP contribution in [-0.2, 0) is 17.8 Å². The smallest absolute Gasteiger partial charge is 0.270 e. The van der Waals surface area contributed by atoms with Crippen molar-refractivity contribution in [3.05, 3.63) is 93.3 Å². The van der Waals surface area contributed by atoms with Crippen LogP contribution >= 0.6 is 35.6 Å². The Bertz CT molecular complexity index is 1210. The number of nitrogens with zero attached hydrogens (tertiary/aromatic N) is 1. The lowest BCUT2D eigenvalue weighted by molar-refractivity contribution is -0.113. The summed E-state index contributed by atoms with van der Waals surface area (Å²) in [7, 11) is 1.59. The van der Waals surface area contributed by atoms with Crippen LogP contribution in [0.5, 0.6) is 11.5 Å². The SMILES string of the molecule is CCc1ccc(N2C(=O)C(=Cc3ccc(OCc4ccc(Cl)cc4)c(OC)c3)SC2=S)cc1. The van der Waals surface area contributed by atoms with Crippen molar-refractivity contribution in [2.45, 2.75) is 20.0 Å². The lowest BCUT2D eigenvalue weighted by atomic mass is 10.1. The largest absolute Gasteiger partial charge is 0.493 e. The molecule has 0 aromatic heterocycles. The van der Waals surface area contributed by atoms with Crippen LogP contribution in [0.1, 0.15) is 23.6 Å². The van der Waals surface area contributed by atoms with E-state index in [1.165, 1.54) is 17.3 Å². The number of ether oxygens (including phenoxy) is 2. The number of benzene rings is 3. The minimum absolute atomic E-state index is 0.128. The molecule has 33 heavy (non-hydrogen) atoms. The summed E-state index contributed by atoms with van der Waals surface area (Å²) in [5, 5.41) is 0.684. The number of hydrogen-bond donors (Lipinski definition) is 0. The number of hydrogen-bond acceptors (Lipinski definition) is 5. The molecule has 1 saturated heterocycles. The molecule has 0 bridgehead atoms. The quantitative estimate of drug-likeness (QED) is 0.263. The molecule has 3 aromatic rings. The number of carbonyl (C=O) groups is 1. The molecule has 0 spiro atoms. The molecule has 168 valence electrons. The molecule has 1 amide bonds. The van der Waals surface area contributed by atoms with E-state index in [4.69, 9.17) is 33.3 Å². The van der Waals surface area contributed by atoms with Gasteiger partial charge in [0.25, 0.3) is 5.91 Å². The molecular weight excluding hydrogens is 474 g/mol. The Labute approximate surface area is 208 Å². The zero-order valence-electron chi connectivity index (χ0n) is 18.2. The zero-order chi connectivity index (χ0) is 23.4. The van der Waals surface area contributed by atoms with Crippen LogP contribution in [-0.4, -0.2) is 17.3 Å². The summed E-state index contributed by atoms with van der Waals surface area (Å²) in [4.78, 5) is 15.2. The summed E-state index contributed by atoms with van der Waals surface area (Å²) >= 11 is 12.7. The summed E-state index contributed by atoms with van der Waals surface area (Å²) in [5.41, 5.74) is 3.82. The van der Waals surface area contributed by atoms with E-state index >= 15 is 0 Å². The van der Waals surface area contributed by atoms with Crippen molar-refractivity contribution in [1.29, 1.82) is 0 Å². The Morgan fingerprint density at radius 2 is 1.70 bits per heavy atom. The van der Waals surface area contributed by atoms with Gasteiger partial charge in [0.05, 0.1) is 17.7 Å². The van der Waals surface area contributed by atoms with Crippen LogP contribution in [0.15, 0.2) is 71.6 Å². The van der Waals surface area contributed by atoms with Crippen LogP contribution in [0, 0.1) is 0 Å². The second-order valence-corrected chi connectivity index (χ2v) is 9.47. The van der Waals surface area contributed by atoms with Crippen LogP contribution < -0.4 is 14.4 Å². The van der Waals surface area contributed by atoms with Gasteiger partial charge in [-0.15, -0.1) is 0 Å².